The Morgan fingerprint density at radius 2 is 1.72 bits per heavy atom. The van der Waals surface area contributed by atoms with Crippen LogP contribution in [0.15, 0.2) is 53.4 Å². The molecule has 0 spiro atoms. The standard InChI is InChI=1S/C23H26N2O6S/c1-15(26)17-8-10-18(11-9-17)25-22(28)16(2)31-23(29)19-6-4-5-7-20(19)32-14-21(27)24-12-13-30-3/h4-11,16H,12-14H2,1-3H3,(H,24,27)(H,25,28). The van der Waals surface area contributed by atoms with Crippen LogP contribution in [0.5, 0.6) is 0 Å². The highest BCUT2D eigenvalue weighted by Crippen LogP contribution is 2.23. The molecule has 2 amide bonds. The maximum absolute atomic E-state index is 12.6. The first-order valence-corrected chi connectivity index (χ1v) is 10.9. The maximum atomic E-state index is 12.6. The second-order valence-corrected chi connectivity index (χ2v) is 7.82. The summed E-state index contributed by atoms with van der Waals surface area (Å²) in [6.07, 6.45) is -1.05. The van der Waals surface area contributed by atoms with Crippen molar-refractivity contribution in [1.29, 1.82) is 0 Å². The van der Waals surface area contributed by atoms with Gasteiger partial charge in [-0.15, -0.1) is 11.8 Å². The second-order valence-electron chi connectivity index (χ2n) is 6.80. The lowest BCUT2D eigenvalue weighted by molar-refractivity contribution is -0.123. The first-order valence-electron chi connectivity index (χ1n) is 9.92. The molecule has 0 aliphatic carbocycles. The van der Waals surface area contributed by atoms with Crippen LogP contribution in [0.4, 0.5) is 5.69 Å². The highest BCUT2D eigenvalue weighted by Gasteiger charge is 2.21. The number of thioether (sulfide) groups is 1. The molecule has 2 aromatic rings. The van der Waals surface area contributed by atoms with Gasteiger partial charge in [-0.2, -0.15) is 0 Å². The van der Waals surface area contributed by atoms with Crippen LogP contribution in [0, 0.1) is 0 Å². The van der Waals surface area contributed by atoms with E-state index in [0.717, 1.165) is 0 Å². The topological polar surface area (TPSA) is 111 Å². The Hall–Kier alpha value is -3.17. The molecule has 1 unspecified atom stereocenters. The third-order valence-corrected chi connectivity index (χ3v) is 5.38. The van der Waals surface area contributed by atoms with E-state index < -0.39 is 18.0 Å². The minimum Gasteiger partial charge on any atom is -0.449 e. The number of rotatable bonds is 11. The van der Waals surface area contributed by atoms with Crippen molar-refractivity contribution in [2.75, 3.05) is 31.3 Å². The van der Waals surface area contributed by atoms with Gasteiger partial charge in [0.25, 0.3) is 5.91 Å². The lowest BCUT2D eigenvalue weighted by atomic mass is 10.1. The van der Waals surface area contributed by atoms with Gasteiger partial charge < -0.3 is 20.1 Å². The third kappa shape index (κ3) is 7.82. The number of Topliss-reactive ketones (excluding diaryl/α,β-unsaturated/α-hetero) is 1. The molecule has 0 aliphatic heterocycles. The van der Waals surface area contributed by atoms with E-state index in [-0.39, 0.29) is 23.0 Å². The summed E-state index contributed by atoms with van der Waals surface area (Å²) in [5.41, 5.74) is 1.29. The fraction of sp³-hybridized carbons (Fsp3) is 0.304. The third-order valence-electron chi connectivity index (χ3n) is 4.31. The van der Waals surface area contributed by atoms with Gasteiger partial charge in [0, 0.05) is 29.8 Å². The summed E-state index contributed by atoms with van der Waals surface area (Å²) in [6, 6.07) is 13.1. The van der Waals surface area contributed by atoms with Crippen LogP contribution in [0.1, 0.15) is 34.6 Å². The number of amides is 2. The van der Waals surface area contributed by atoms with E-state index in [1.807, 2.05) is 0 Å². The molecule has 2 rings (SSSR count). The number of benzene rings is 2. The summed E-state index contributed by atoms with van der Waals surface area (Å²) in [5, 5.41) is 5.36. The summed E-state index contributed by atoms with van der Waals surface area (Å²) in [5.74, 6) is -1.30. The highest BCUT2D eigenvalue weighted by molar-refractivity contribution is 8.00. The molecule has 1 atom stereocenters. The molecule has 0 radical (unpaired) electrons. The Labute approximate surface area is 191 Å². The zero-order valence-corrected chi connectivity index (χ0v) is 19.0. The quantitative estimate of drug-likeness (QED) is 0.230. The van der Waals surface area contributed by atoms with E-state index in [0.29, 0.717) is 29.3 Å². The van der Waals surface area contributed by atoms with Crippen LogP contribution < -0.4 is 10.6 Å². The SMILES string of the molecule is COCCNC(=O)CSc1ccccc1C(=O)OC(C)C(=O)Nc1ccc(C(C)=O)cc1. The number of ketones is 1. The molecule has 8 nitrogen and oxygen atoms in total. The predicted molar refractivity (Wildman–Crippen MR) is 122 cm³/mol. The average molecular weight is 459 g/mol. The monoisotopic (exact) mass is 458 g/mol. The van der Waals surface area contributed by atoms with Gasteiger partial charge in [0.05, 0.1) is 17.9 Å². The zero-order valence-electron chi connectivity index (χ0n) is 18.2. The zero-order chi connectivity index (χ0) is 23.5. The number of hydrogen-bond acceptors (Lipinski definition) is 7. The Kier molecular flexibility index (Phi) is 9.90. The number of carbonyl (C=O) groups excluding carboxylic acids is 4. The van der Waals surface area contributed by atoms with Crippen molar-refractivity contribution in [3.63, 3.8) is 0 Å². The number of esters is 1. The number of hydrogen-bond donors (Lipinski definition) is 2. The normalized spacial score (nSPS) is 11.3. The van der Waals surface area contributed by atoms with E-state index in [2.05, 4.69) is 10.6 Å². The molecule has 0 heterocycles. The Bertz CT molecular complexity index is 961. The molecule has 2 N–H and O–H groups in total. The molecule has 32 heavy (non-hydrogen) atoms. The molecule has 170 valence electrons. The molecule has 9 heteroatoms. The van der Waals surface area contributed by atoms with Crippen LogP contribution in [0.25, 0.3) is 0 Å². The number of nitrogens with one attached hydrogen (secondary N) is 2. The van der Waals surface area contributed by atoms with Crippen LogP contribution in [-0.2, 0) is 19.1 Å². The van der Waals surface area contributed by atoms with Gasteiger partial charge in [-0.1, -0.05) is 12.1 Å². The number of carbonyl (C=O) groups is 4. The lowest BCUT2D eigenvalue weighted by Gasteiger charge is -2.15. The molecule has 0 saturated carbocycles. The van der Waals surface area contributed by atoms with Crippen molar-refractivity contribution >= 4 is 41.0 Å². The van der Waals surface area contributed by atoms with Crippen molar-refractivity contribution in [1.82, 2.24) is 5.32 Å². The van der Waals surface area contributed by atoms with Gasteiger partial charge in [-0.25, -0.2) is 4.79 Å². The lowest BCUT2D eigenvalue weighted by Crippen LogP contribution is -2.30. The molecule has 0 aliphatic rings. The number of ether oxygens (including phenoxy) is 2. The molecule has 0 saturated heterocycles. The molecular formula is C23H26N2O6S. The minimum absolute atomic E-state index is 0.0748. The van der Waals surface area contributed by atoms with Crippen LogP contribution in [0.3, 0.4) is 0 Å². The summed E-state index contributed by atoms with van der Waals surface area (Å²) in [4.78, 5) is 48.8. The molecular weight excluding hydrogens is 432 g/mol. The summed E-state index contributed by atoms with van der Waals surface area (Å²) >= 11 is 1.20. The Morgan fingerprint density at radius 1 is 1.03 bits per heavy atom. The largest absolute Gasteiger partial charge is 0.449 e. The highest BCUT2D eigenvalue weighted by atomic mass is 32.2. The van der Waals surface area contributed by atoms with E-state index in [1.165, 1.54) is 25.6 Å². The van der Waals surface area contributed by atoms with Gasteiger partial charge in [0.15, 0.2) is 11.9 Å². The summed E-state index contributed by atoms with van der Waals surface area (Å²) in [6.45, 7) is 3.75. The molecule has 0 fully saturated rings. The van der Waals surface area contributed by atoms with Gasteiger partial charge in [0.2, 0.25) is 5.91 Å². The van der Waals surface area contributed by atoms with Gasteiger partial charge in [0.1, 0.15) is 0 Å². The van der Waals surface area contributed by atoms with E-state index >= 15 is 0 Å². The summed E-state index contributed by atoms with van der Waals surface area (Å²) < 4.78 is 10.2. The first-order chi connectivity index (χ1) is 15.3. The van der Waals surface area contributed by atoms with Crippen molar-refractivity contribution in [3.05, 3.63) is 59.7 Å². The van der Waals surface area contributed by atoms with Crippen LogP contribution >= 0.6 is 11.8 Å². The first kappa shape index (κ1) is 25.1. The van der Waals surface area contributed by atoms with E-state index in [1.54, 1.807) is 55.6 Å². The van der Waals surface area contributed by atoms with Gasteiger partial charge in [-0.05, 0) is 50.2 Å². The predicted octanol–water partition coefficient (Wildman–Crippen LogP) is 2.93. The fourth-order valence-electron chi connectivity index (χ4n) is 2.56. The van der Waals surface area contributed by atoms with Gasteiger partial charge >= 0.3 is 5.97 Å². The second kappa shape index (κ2) is 12.6. The van der Waals surface area contributed by atoms with E-state index in [9.17, 15) is 19.2 Å². The maximum Gasteiger partial charge on any atom is 0.340 e. The number of anilines is 1. The van der Waals surface area contributed by atoms with Crippen molar-refractivity contribution in [2.45, 2.75) is 24.8 Å². The molecule has 0 bridgehead atoms. The Morgan fingerprint density at radius 3 is 2.38 bits per heavy atom. The van der Waals surface area contributed by atoms with Crippen LogP contribution in [0.2, 0.25) is 0 Å². The smallest absolute Gasteiger partial charge is 0.340 e. The van der Waals surface area contributed by atoms with Gasteiger partial charge in [-0.3, -0.25) is 14.4 Å². The Balaban J connectivity index is 1.94. The van der Waals surface area contributed by atoms with Crippen molar-refractivity contribution < 1.29 is 28.7 Å². The molecule has 0 aromatic heterocycles. The molecule has 2 aromatic carbocycles. The number of methoxy groups -OCH3 is 1. The van der Waals surface area contributed by atoms with Crippen molar-refractivity contribution in [2.24, 2.45) is 0 Å². The van der Waals surface area contributed by atoms with E-state index in [4.69, 9.17) is 9.47 Å². The minimum atomic E-state index is -1.05. The van der Waals surface area contributed by atoms with Crippen LogP contribution in [-0.4, -0.2) is 55.7 Å². The fourth-order valence-corrected chi connectivity index (χ4v) is 3.43. The summed E-state index contributed by atoms with van der Waals surface area (Å²) in [7, 11) is 1.55. The van der Waals surface area contributed by atoms with Crippen molar-refractivity contribution in [3.8, 4) is 0 Å². The average Bonchev–Trinajstić information content (AvgIpc) is 2.78.